The van der Waals surface area contributed by atoms with E-state index in [9.17, 15) is 26.4 Å². The zero-order chi connectivity index (χ0) is 22.2. The Kier molecular flexibility index (Phi) is 5.87. The van der Waals surface area contributed by atoms with Gasteiger partial charge in [0.25, 0.3) is 0 Å². The van der Waals surface area contributed by atoms with Crippen molar-refractivity contribution in [3.05, 3.63) is 65.7 Å². The number of sulfone groups is 1. The molecule has 2 heterocycles. The Morgan fingerprint density at radius 1 is 1.10 bits per heavy atom. The van der Waals surface area contributed by atoms with Crippen molar-refractivity contribution in [1.29, 1.82) is 0 Å². The number of halogens is 3. The summed E-state index contributed by atoms with van der Waals surface area (Å²) >= 11 is 1.14. The van der Waals surface area contributed by atoms with E-state index in [1.165, 1.54) is 17.0 Å². The number of amidine groups is 1. The average Bonchev–Trinajstić information content (AvgIpc) is 3.17. The second kappa shape index (κ2) is 8.31. The minimum absolute atomic E-state index is 0.0883. The van der Waals surface area contributed by atoms with E-state index < -0.39 is 33.5 Å². The highest BCUT2D eigenvalue weighted by Gasteiger charge is 2.49. The minimum Gasteiger partial charge on any atom is -0.316 e. The Bertz CT molecular complexity index is 1120. The van der Waals surface area contributed by atoms with E-state index in [-0.39, 0.29) is 34.0 Å². The number of benzene rings is 2. The van der Waals surface area contributed by atoms with Crippen LogP contribution >= 0.6 is 11.8 Å². The molecular weight excluding hydrogens is 449 g/mol. The maximum Gasteiger partial charge on any atom is 0.416 e. The molecule has 2 atom stereocenters. The van der Waals surface area contributed by atoms with E-state index in [1.807, 2.05) is 30.3 Å². The van der Waals surface area contributed by atoms with E-state index in [0.717, 1.165) is 29.5 Å². The fraction of sp³-hybridized carbons (Fsp3) is 0.333. The van der Waals surface area contributed by atoms with Crippen molar-refractivity contribution in [2.24, 2.45) is 4.99 Å². The Morgan fingerprint density at radius 3 is 2.55 bits per heavy atom. The molecule has 5 nitrogen and oxygen atoms in total. The topological polar surface area (TPSA) is 66.8 Å². The van der Waals surface area contributed by atoms with Gasteiger partial charge in [-0.05, 0) is 30.2 Å². The van der Waals surface area contributed by atoms with Gasteiger partial charge in [0.1, 0.15) is 0 Å². The quantitative estimate of drug-likeness (QED) is 0.680. The Morgan fingerprint density at radius 2 is 1.84 bits per heavy atom. The molecule has 10 heteroatoms. The Balaban J connectivity index is 1.62. The summed E-state index contributed by atoms with van der Waals surface area (Å²) in [5.74, 6) is -0.668. The van der Waals surface area contributed by atoms with Crippen molar-refractivity contribution in [2.45, 2.75) is 30.3 Å². The molecule has 0 aromatic heterocycles. The second-order valence-electron chi connectivity index (χ2n) is 7.49. The number of aryl methyl sites for hydroxylation is 1. The summed E-state index contributed by atoms with van der Waals surface area (Å²) in [6, 6.07) is 13.5. The lowest BCUT2D eigenvalue weighted by Gasteiger charge is -2.25. The van der Waals surface area contributed by atoms with Crippen LogP contribution in [0.15, 0.2) is 59.6 Å². The third-order valence-electron chi connectivity index (χ3n) is 5.21. The highest BCUT2D eigenvalue weighted by molar-refractivity contribution is 8.16. The van der Waals surface area contributed by atoms with Crippen molar-refractivity contribution in [3.8, 4) is 0 Å². The van der Waals surface area contributed by atoms with Crippen LogP contribution in [-0.4, -0.2) is 42.3 Å². The fourth-order valence-corrected chi connectivity index (χ4v) is 7.69. The number of hydrogen-bond acceptors (Lipinski definition) is 4. The van der Waals surface area contributed by atoms with Crippen LogP contribution in [0.2, 0.25) is 0 Å². The number of carbonyl (C=O) groups is 1. The number of amides is 1. The Labute approximate surface area is 182 Å². The highest BCUT2D eigenvalue weighted by Crippen LogP contribution is 2.42. The SMILES string of the molecule is O=C(CCc1ccccc1)N=C1S[C@H]2CS(=O)(=O)C[C@H]2N1c1cccc(C(F)(F)F)c1. The molecule has 0 radical (unpaired) electrons. The second-order valence-corrected chi connectivity index (χ2v) is 10.9. The van der Waals surface area contributed by atoms with Crippen LogP contribution in [0, 0.1) is 0 Å². The Hall–Kier alpha value is -2.33. The van der Waals surface area contributed by atoms with E-state index in [2.05, 4.69) is 4.99 Å². The molecule has 0 aliphatic carbocycles. The van der Waals surface area contributed by atoms with Gasteiger partial charge in [-0.3, -0.25) is 4.79 Å². The number of anilines is 1. The molecular formula is C21H19F3N2O3S2. The van der Waals surface area contributed by atoms with Crippen LogP contribution < -0.4 is 4.90 Å². The molecule has 2 aliphatic heterocycles. The van der Waals surface area contributed by atoms with Gasteiger partial charge >= 0.3 is 6.18 Å². The number of hydrogen-bond donors (Lipinski definition) is 0. The third-order valence-corrected chi connectivity index (χ3v) is 8.42. The molecule has 164 valence electrons. The molecule has 0 N–H and O–H groups in total. The average molecular weight is 469 g/mol. The van der Waals surface area contributed by atoms with Gasteiger partial charge in [0.2, 0.25) is 5.91 Å². The number of thioether (sulfide) groups is 1. The van der Waals surface area contributed by atoms with E-state index in [4.69, 9.17) is 0 Å². The van der Waals surface area contributed by atoms with Crippen LogP contribution in [0.1, 0.15) is 17.5 Å². The molecule has 4 rings (SSSR count). The molecule has 2 aliphatic rings. The van der Waals surface area contributed by atoms with Gasteiger partial charge in [0.15, 0.2) is 15.0 Å². The van der Waals surface area contributed by atoms with Gasteiger partial charge in [0, 0.05) is 17.4 Å². The van der Waals surface area contributed by atoms with Crippen molar-refractivity contribution in [1.82, 2.24) is 0 Å². The first kappa shape index (κ1) is 21.9. The normalized spacial score (nSPS) is 23.8. The monoisotopic (exact) mass is 468 g/mol. The first-order valence-electron chi connectivity index (χ1n) is 9.61. The maximum absolute atomic E-state index is 13.2. The summed E-state index contributed by atoms with van der Waals surface area (Å²) in [5, 5.41) is -0.123. The van der Waals surface area contributed by atoms with Gasteiger partial charge < -0.3 is 4.90 Å². The number of fused-ring (bicyclic) bond motifs is 1. The van der Waals surface area contributed by atoms with E-state index >= 15 is 0 Å². The van der Waals surface area contributed by atoms with Gasteiger partial charge in [-0.1, -0.05) is 48.2 Å². The summed E-state index contributed by atoms with van der Waals surface area (Å²) in [7, 11) is -3.31. The van der Waals surface area contributed by atoms with Crippen molar-refractivity contribution < 1.29 is 26.4 Å². The molecule has 0 bridgehead atoms. The van der Waals surface area contributed by atoms with Crippen molar-refractivity contribution in [3.63, 3.8) is 0 Å². The molecule has 2 aromatic rings. The molecule has 1 amide bonds. The highest BCUT2D eigenvalue weighted by atomic mass is 32.2. The lowest BCUT2D eigenvalue weighted by Crippen LogP contribution is -2.37. The lowest BCUT2D eigenvalue weighted by atomic mass is 10.1. The van der Waals surface area contributed by atoms with E-state index in [1.54, 1.807) is 0 Å². The molecule has 0 saturated carbocycles. The first-order chi connectivity index (χ1) is 14.6. The lowest BCUT2D eigenvalue weighted by molar-refractivity contribution is -0.137. The molecule has 0 unspecified atom stereocenters. The smallest absolute Gasteiger partial charge is 0.316 e. The summed E-state index contributed by atoms with van der Waals surface area (Å²) in [6.07, 6.45) is -3.89. The predicted molar refractivity (Wildman–Crippen MR) is 115 cm³/mol. The third kappa shape index (κ3) is 4.95. The molecule has 2 aromatic carbocycles. The van der Waals surface area contributed by atoms with Crippen molar-refractivity contribution >= 4 is 38.4 Å². The zero-order valence-corrected chi connectivity index (χ0v) is 17.9. The van der Waals surface area contributed by atoms with Crippen LogP contribution in [0.4, 0.5) is 18.9 Å². The summed E-state index contributed by atoms with van der Waals surface area (Å²) < 4.78 is 63.8. The van der Waals surface area contributed by atoms with Gasteiger partial charge in [-0.25, -0.2) is 8.42 Å². The summed E-state index contributed by atoms with van der Waals surface area (Å²) in [6.45, 7) is 0. The summed E-state index contributed by atoms with van der Waals surface area (Å²) in [4.78, 5) is 18.1. The standard InChI is InChI=1S/C21H19F3N2O3S2/c22-21(23,24)15-7-4-8-16(11-15)26-17-12-31(28,29)13-18(17)30-20(26)25-19(27)10-9-14-5-2-1-3-6-14/h1-8,11,17-18H,9-10,12-13H2/t17-,18+/m1/s1. The maximum atomic E-state index is 13.2. The first-order valence-corrected chi connectivity index (χ1v) is 12.3. The number of nitrogens with zero attached hydrogens (tertiary/aromatic N) is 2. The number of alkyl halides is 3. The molecule has 31 heavy (non-hydrogen) atoms. The number of rotatable bonds is 4. The summed E-state index contributed by atoms with van der Waals surface area (Å²) in [5.41, 5.74) is 0.323. The van der Waals surface area contributed by atoms with Crippen LogP contribution in [0.25, 0.3) is 0 Å². The molecule has 2 saturated heterocycles. The number of carbonyl (C=O) groups excluding carboxylic acids is 1. The van der Waals surface area contributed by atoms with Gasteiger partial charge in [-0.2, -0.15) is 18.2 Å². The largest absolute Gasteiger partial charge is 0.416 e. The minimum atomic E-state index is -4.53. The van der Waals surface area contributed by atoms with Crippen LogP contribution in [0.5, 0.6) is 0 Å². The van der Waals surface area contributed by atoms with Crippen LogP contribution in [-0.2, 0) is 27.2 Å². The fourth-order valence-electron chi connectivity index (χ4n) is 3.76. The van der Waals surface area contributed by atoms with Gasteiger partial charge in [-0.15, -0.1) is 0 Å². The molecule has 2 fully saturated rings. The van der Waals surface area contributed by atoms with Gasteiger partial charge in [0.05, 0.1) is 23.1 Å². The van der Waals surface area contributed by atoms with Crippen molar-refractivity contribution in [2.75, 3.05) is 16.4 Å². The predicted octanol–water partition coefficient (Wildman–Crippen LogP) is 3.94. The van der Waals surface area contributed by atoms with E-state index in [0.29, 0.717) is 6.42 Å². The zero-order valence-electron chi connectivity index (χ0n) is 16.2. The van der Waals surface area contributed by atoms with Crippen LogP contribution in [0.3, 0.4) is 0 Å². The molecule has 0 spiro atoms. The number of aliphatic imine (C=N–C) groups is 1.